The van der Waals surface area contributed by atoms with Gasteiger partial charge in [0.15, 0.2) is 0 Å². The molecule has 0 saturated heterocycles. The van der Waals surface area contributed by atoms with Gasteiger partial charge in [-0.2, -0.15) is 4.98 Å². The lowest BCUT2D eigenvalue weighted by Gasteiger charge is -2.14. The van der Waals surface area contributed by atoms with Gasteiger partial charge >= 0.3 is 0 Å². The summed E-state index contributed by atoms with van der Waals surface area (Å²) in [5, 5.41) is 7.22. The van der Waals surface area contributed by atoms with Gasteiger partial charge in [-0.05, 0) is 11.6 Å². The Morgan fingerprint density at radius 3 is 2.54 bits per heavy atom. The molecule has 0 atom stereocenters. The summed E-state index contributed by atoms with van der Waals surface area (Å²) in [7, 11) is 3.59. The van der Waals surface area contributed by atoms with Gasteiger partial charge in [0.1, 0.15) is 11.6 Å². The zero-order valence-electron chi connectivity index (χ0n) is 7.37. The number of nitrogens with zero attached hydrogens (tertiary/aromatic N) is 3. The monoisotopic (exact) mass is 199 g/mol. The topological polar surface area (TPSA) is 78.9 Å². The van der Waals surface area contributed by atoms with Crippen LogP contribution in [0.3, 0.4) is 0 Å². The van der Waals surface area contributed by atoms with E-state index in [0.29, 0.717) is 11.4 Å². The van der Waals surface area contributed by atoms with Crippen molar-refractivity contribution in [2.24, 2.45) is 0 Å². The van der Waals surface area contributed by atoms with E-state index >= 15 is 0 Å². The SMILES string of the molecule is CN(C)c1nc(Cl)nc(N)c1C=N. The Kier molecular flexibility index (Phi) is 2.67. The third-order valence-electron chi connectivity index (χ3n) is 1.50. The summed E-state index contributed by atoms with van der Waals surface area (Å²) in [6, 6.07) is 0. The lowest BCUT2D eigenvalue weighted by molar-refractivity contribution is 1.04. The van der Waals surface area contributed by atoms with Crippen molar-refractivity contribution in [2.75, 3.05) is 24.7 Å². The molecule has 0 unspecified atom stereocenters. The van der Waals surface area contributed by atoms with Gasteiger partial charge in [0, 0.05) is 20.3 Å². The molecule has 0 bridgehead atoms. The number of hydrogen-bond donors (Lipinski definition) is 2. The molecule has 70 valence electrons. The Morgan fingerprint density at radius 1 is 1.46 bits per heavy atom. The van der Waals surface area contributed by atoms with Gasteiger partial charge in [-0.25, -0.2) is 4.98 Å². The normalized spacial score (nSPS) is 9.77. The van der Waals surface area contributed by atoms with Crippen LogP contribution in [0.1, 0.15) is 5.56 Å². The van der Waals surface area contributed by atoms with Gasteiger partial charge in [0.2, 0.25) is 5.28 Å². The van der Waals surface area contributed by atoms with Crippen molar-refractivity contribution in [1.29, 1.82) is 5.41 Å². The van der Waals surface area contributed by atoms with Crippen LogP contribution in [0.2, 0.25) is 5.28 Å². The van der Waals surface area contributed by atoms with Gasteiger partial charge in [-0.3, -0.25) is 0 Å². The predicted molar refractivity (Wildman–Crippen MR) is 53.7 cm³/mol. The number of nitrogens with two attached hydrogens (primary N) is 1. The number of rotatable bonds is 2. The molecule has 0 amide bonds. The standard InChI is InChI=1S/C7H10ClN5/c1-13(2)6-4(3-9)5(10)11-7(8)12-6/h3,9H,1-2H3,(H2,10,11,12). The van der Waals surface area contributed by atoms with Crippen molar-refractivity contribution < 1.29 is 0 Å². The maximum Gasteiger partial charge on any atom is 0.226 e. The number of anilines is 2. The maximum atomic E-state index is 7.13. The molecule has 0 spiro atoms. The smallest absolute Gasteiger partial charge is 0.226 e. The fourth-order valence-corrected chi connectivity index (χ4v) is 1.10. The second-order valence-electron chi connectivity index (χ2n) is 2.65. The molecule has 1 rings (SSSR count). The van der Waals surface area contributed by atoms with E-state index in [1.807, 2.05) is 0 Å². The van der Waals surface area contributed by atoms with Gasteiger partial charge in [-0.15, -0.1) is 0 Å². The first-order valence-electron chi connectivity index (χ1n) is 3.57. The van der Waals surface area contributed by atoms with Gasteiger partial charge < -0.3 is 16.0 Å². The fraction of sp³-hybridized carbons (Fsp3) is 0.286. The number of aromatic nitrogens is 2. The lowest BCUT2D eigenvalue weighted by atomic mass is 10.3. The third kappa shape index (κ3) is 1.86. The van der Waals surface area contributed by atoms with E-state index in [9.17, 15) is 0 Å². The highest BCUT2D eigenvalue weighted by atomic mass is 35.5. The summed E-state index contributed by atoms with van der Waals surface area (Å²) in [6.45, 7) is 0. The van der Waals surface area contributed by atoms with Crippen LogP contribution in [0, 0.1) is 5.41 Å². The van der Waals surface area contributed by atoms with Crippen LogP contribution in [0.15, 0.2) is 0 Å². The molecule has 13 heavy (non-hydrogen) atoms. The minimum Gasteiger partial charge on any atom is -0.383 e. The number of nitrogens with one attached hydrogen (secondary N) is 1. The summed E-state index contributed by atoms with van der Waals surface area (Å²) in [5.41, 5.74) is 6.04. The summed E-state index contributed by atoms with van der Waals surface area (Å²) in [4.78, 5) is 9.42. The van der Waals surface area contributed by atoms with Gasteiger partial charge in [0.25, 0.3) is 0 Å². The minimum absolute atomic E-state index is 0.0896. The predicted octanol–water partition coefficient (Wildman–Crippen LogP) is 0.776. The molecule has 0 aromatic carbocycles. The Hall–Kier alpha value is -1.36. The highest BCUT2D eigenvalue weighted by Gasteiger charge is 2.10. The first kappa shape index (κ1) is 9.73. The van der Waals surface area contributed by atoms with Gasteiger partial charge in [0.05, 0.1) is 5.56 Å². The van der Waals surface area contributed by atoms with Gasteiger partial charge in [-0.1, -0.05) is 0 Å². The molecule has 0 radical (unpaired) electrons. The molecule has 5 nitrogen and oxygen atoms in total. The fourth-order valence-electron chi connectivity index (χ4n) is 0.926. The molecule has 0 saturated carbocycles. The molecular formula is C7H10ClN5. The molecule has 0 fully saturated rings. The van der Waals surface area contributed by atoms with E-state index < -0.39 is 0 Å². The third-order valence-corrected chi connectivity index (χ3v) is 1.66. The van der Waals surface area contributed by atoms with E-state index in [4.69, 9.17) is 22.7 Å². The Balaban J connectivity index is 3.38. The van der Waals surface area contributed by atoms with Crippen LogP contribution < -0.4 is 10.6 Å². The second-order valence-corrected chi connectivity index (χ2v) is 2.99. The van der Waals surface area contributed by atoms with E-state index in [-0.39, 0.29) is 11.1 Å². The number of nitrogen functional groups attached to an aromatic ring is 1. The van der Waals surface area contributed by atoms with E-state index in [2.05, 4.69) is 9.97 Å². The highest BCUT2D eigenvalue weighted by molar-refractivity contribution is 6.28. The first-order chi connectivity index (χ1) is 6.06. The van der Waals surface area contributed by atoms with Crippen LogP contribution >= 0.6 is 11.6 Å². The lowest BCUT2D eigenvalue weighted by Crippen LogP contribution is -2.15. The number of halogens is 1. The van der Waals surface area contributed by atoms with E-state index in [0.717, 1.165) is 6.21 Å². The molecule has 0 aliphatic heterocycles. The molecular weight excluding hydrogens is 190 g/mol. The first-order valence-corrected chi connectivity index (χ1v) is 3.95. The molecule has 1 aromatic rings. The van der Waals surface area contributed by atoms with Crippen molar-refractivity contribution in [2.45, 2.75) is 0 Å². The maximum absolute atomic E-state index is 7.13. The summed E-state index contributed by atoms with van der Waals surface area (Å²) in [6.07, 6.45) is 1.11. The zero-order valence-corrected chi connectivity index (χ0v) is 8.13. The number of hydrogen-bond acceptors (Lipinski definition) is 5. The van der Waals surface area contributed by atoms with Crippen molar-refractivity contribution >= 4 is 29.5 Å². The summed E-state index contributed by atoms with van der Waals surface area (Å²) >= 11 is 5.62. The van der Waals surface area contributed by atoms with Crippen molar-refractivity contribution in [3.8, 4) is 0 Å². The zero-order chi connectivity index (χ0) is 10.0. The summed E-state index contributed by atoms with van der Waals surface area (Å²) < 4.78 is 0. The molecule has 1 heterocycles. The average Bonchev–Trinajstić information content (AvgIpc) is 2.02. The Labute approximate surface area is 81.1 Å². The van der Waals surface area contributed by atoms with Crippen LogP contribution in [0.25, 0.3) is 0 Å². The Bertz CT molecular complexity index is 336. The second kappa shape index (κ2) is 3.57. The van der Waals surface area contributed by atoms with Crippen LogP contribution in [-0.4, -0.2) is 30.3 Å². The van der Waals surface area contributed by atoms with Crippen LogP contribution in [0.5, 0.6) is 0 Å². The van der Waals surface area contributed by atoms with E-state index in [1.165, 1.54) is 0 Å². The quantitative estimate of drug-likeness (QED) is 0.545. The molecule has 0 aliphatic carbocycles. The van der Waals surface area contributed by atoms with Crippen molar-refractivity contribution in [1.82, 2.24) is 9.97 Å². The van der Waals surface area contributed by atoms with E-state index in [1.54, 1.807) is 19.0 Å². The molecule has 1 aromatic heterocycles. The van der Waals surface area contributed by atoms with Crippen LogP contribution in [-0.2, 0) is 0 Å². The Morgan fingerprint density at radius 2 is 2.08 bits per heavy atom. The molecule has 3 N–H and O–H groups in total. The van der Waals surface area contributed by atoms with Crippen molar-refractivity contribution in [3.63, 3.8) is 0 Å². The van der Waals surface area contributed by atoms with Crippen molar-refractivity contribution in [3.05, 3.63) is 10.8 Å². The minimum atomic E-state index is 0.0896. The summed E-state index contributed by atoms with van der Waals surface area (Å²) in [5.74, 6) is 0.770. The van der Waals surface area contributed by atoms with Crippen LogP contribution in [0.4, 0.5) is 11.6 Å². The highest BCUT2D eigenvalue weighted by Crippen LogP contribution is 2.20. The largest absolute Gasteiger partial charge is 0.383 e. The molecule has 6 heteroatoms. The molecule has 0 aliphatic rings. The average molecular weight is 200 g/mol.